The summed E-state index contributed by atoms with van der Waals surface area (Å²) in [5.74, 6) is 0.249. The molecule has 0 unspecified atom stereocenters. The van der Waals surface area contributed by atoms with Crippen molar-refractivity contribution in [2.45, 2.75) is 19.8 Å². The molecule has 4 nitrogen and oxygen atoms in total. The largest absolute Gasteiger partial charge is 0.508 e. The molecular weight excluding hydrogens is 302 g/mol. The van der Waals surface area contributed by atoms with Gasteiger partial charge in [-0.1, -0.05) is 31.0 Å². The SMILES string of the molecule is CCCCOc1ccc(Cl)cc1C(=O)Nc1cccc(O)c1. The number of hydrogen-bond donors (Lipinski definition) is 2. The molecule has 0 aliphatic carbocycles. The lowest BCUT2D eigenvalue weighted by molar-refractivity contribution is 0.102. The van der Waals surface area contributed by atoms with Crippen LogP contribution in [0, 0.1) is 0 Å². The van der Waals surface area contributed by atoms with E-state index in [0.717, 1.165) is 12.8 Å². The molecule has 2 N–H and O–H groups in total. The highest BCUT2D eigenvalue weighted by Crippen LogP contribution is 2.25. The van der Waals surface area contributed by atoms with Gasteiger partial charge in [-0.3, -0.25) is 4.79 Å². The van der Waals surface area contributed by atoms with E-state index in [1.807, 2.05) is 0 Å². The lowest BCUT2D eigenvalue weighted by atomic mass is 10.1. The van der Waals surface area contributed by atoms with E-state index in [1.165, 1.54) is 12.1 Å². The standard InChI is InChI=1S/C17H18ClNO3/c1-2-3-9-22-16-8-7-12(18)10-15(16)17(21)19-13-5-4-6-14(20)11-13/h4-8,10-11,20H,2-3,9H2,1H3,(H,19,21). The van der Waals surface area contributed by atoms with E-state index < -0.39 is 0 Å². The highest BCUT2D eigenvalue weighted by atomic mass is 35.5. The Morgan fingerprint density at radius 1 is 1.27 bits per heavy atom. The second kappa shape index (κ2) is 7.71. The van der Waals surface area contributed by atoms with Crippen LogP contribution in [0.1, 0.15) is 30.1 Å². The van der Waals surface area contributed by atoms with Crippen molar-refractivity contribution in [2.75, 3.05) is 11.9 Å². The molecule has 0 saturated carbocycles. The van der Waals surface area contributed by atoms with E-state index in [2.05, 4.69) is 12.2 Å². The monoisotopic (exact) mass is 319 g/mol. The number of benzene rings is 2. The number of amides is 1. The van der Waals surface area contributed by atoms with Gasteiger partial charge in [-0.05, 0) is 36.8 Å². The number of ether oxygens (including phenoxy) is 1. The Bertz CT molecular complexity index is 658. The maximum atomic E-state index is 12.4. The van der Waals surface area contributed by atoms with Gasteiger partial charge < -0.3 is 15.2 Å². The Morgan fingerprint density at radius 2 is 2.09 bits per heavy atom. The quantitative estimate of drug-likeness (QED) is 0.772. The Labute approximate surface area is 134 Å². The zero-order valence-electron chi connectivity index (χ0n) is 12.3. The minimum atomic E-state index is -0.334. The molecule has 0 aliphatic heterocycles. The van der Waals surface area contributed by atoms with Gasteiger partial charge in [-0.25, -0.2) is 0 Å². The van der Waals surface area contributed by atoms with Crippen LogP contribution < -0.4 is 10.1 Å². The van der Waals surface area contributed by atoms with Crippen molar-refractivity contribution in [3.05, 3.63) is 53.1 Å². The van der Waals surface area contributed by atoms with Gasteiger partial charge in [0.1, 0.15) is 11.5 Å². The van der Waals surface area contributed by atoms with E-state index >= 15 is 0 Å². The third kappa shape index (κ3) is 4.40. The summed E-state index contributed by atoms with van der Waals surface area (Å²) in [5.41, 5.74) is 0.872. The third-order valence-electron chi connectivity index (χ3n) is 3.05. The molecule has 0 saturated heterocycles. The molecule has 0 heterocycles. The fourth-order valence-corrected chi connectivity index (χ4v) is 2.09. The topological polar surface area (TPSA) is 58.6 Å². The number of halogens is 1. The van der Waals surface area contributed by atoms with Crippen LogP contribution >= 0.6 is 11.6 Å². The number of hydrogen-bond acceptors (Lipinski definition) is 3. The Kier molecular flexibility index (Phi) is 5.67. The molecule has 22 heavy (non-hydrogen) atoms. The first-order valence-corrected chi connectivity index (χ1v) is 7.50. The molecule has 0 aromatic heterocycles. The first kappa shape index (κ1) is 16.2. The smallest absolute Gasteiger partial charge is 0.259 e. The summed E-state index contributed by atoms with van der Waals surface area (Å²) >= 11 is 5.97. The number of carbonyl (C=O) groups is 1. The fourth-order valence-electron chi connectivity index (χ4n) is 1.91. The minimum absolute atomic E-state index is 0.0864. The number of phenolic OH excluding ortho intramolecular Hbond substituents is 1. The minimum Gasteiger partial charge on any atom is -0.508 e. The summed E-state index contributed by atoms with van der Waals surface area (Å²) in [4.78, 5) is 12.4. The lowest BCUT2D eigenvalue weighted by Crippen LogP contribution is -2.14. The van der Waals surface area contributed by atoms with Gasteiger partial charge in [0.05, 0.1) is 12.2 Å². The molecule has 0 bridgehead atoms. The third-order valence-corrected chi connectivity index (χ3v) is 3.28. The Balaban J connectivity index is 2.18. The summed E-state index contributed by atoms with van der Waals surface area (Å²) in [6, 6.07) is 11.3. The molecule has 0 fully saturated rings. The number of phenols is 1. The summed E-state index contributed by atoms with van der Waals surface area (Å²) in [6.45, 7) is 2.62. The van der Waals surface area contributed by atoms with Gasteiger partial charge in [0.25, 0.3) is 5.91 Å². The van der Waals surface area contributed by atoms with Gasteiger partial charge >= 0.3 is 0 Å². The number of carbonyl (C=O) groups excluding carboxylic acids is 1. The molecule has 0 radical (unpaired) electrons. The number of nitrogens with one attached hydrogen (secondary N) is 1. The predicted octanol–water partition coefficient (Wildman–Crippen LogP) is 4.48. The van der Waals surface area contributed by atoms with Crippen LogP contribution in [0.3, 0.4) is 0 Å². The van der Waals surface area contributed by atoms with Gasteiger partial charge in [0, 0.05) is 16.8 Å². The molecule has 5 heteroatoms. The predicted molar refractivity (Wildman–Crippen MR) is 87.9 cm³/mol. The first-order chi connectivity index (χ1) is 10.6. The summed E-state index contributed by atoms with van der Waals surface area (Å²) in [6.07, 6.45) is 1.93. The maximum Gasteiger partial charge on any atom is 0.259 e. The molecule has 0 spiro atoms. The highest BCUT2D eigenvalue weighted by molar-refractivity contribution is 6.31. The zero-order chi connectivity index (χ0) is 15.9. The van der Waals surface area contributed by atoms with Gasteiger partial charge in [-0.15, -0.1) is 0 Å². The summed E-state index contributed by atoms with van der Waals surface area (Å²) < 4.78 is 5.65. The molecule has 0 aliphatic rings. The van der Waals surface area contributed by atoms with E-state index in [0.29, 0.717) is 28.6 Å². The van der Waals surface area contributed by atoms with E-state index in [1.54, 1.807) is 30.3 Å². The van der Waals surface area contributed by atoms with E-state index in [4.69, 9.17) is 16.3 Å². The molecular formula is C17H18ClNO3. The first-order valence-electron chi connectivity index (χ1n) is 7.13. The van der Waals surface area contributed by atoms with E-state index in [-0.39, 0.29) is 11.7 Å². The number of aromatic hydroxyl groups is 1. The van der Waals surface area contributed by atoms with Gasteiger partial charge in [0.2, 0.25) is 0 Å². The van der Waals surface area contributed by atoms with Crippen LogP contribution in [-0.2, 0) is 0 Å². The average molecular weight is 320 g/mol. The Morgan fingerprint density at radius 3 is 2.82 bits per heavy atom. The van der Waals surface area contributed by atoms with Gasteiger partial charge in [-0.2, -0.15) is 0 Å². The summed E-state index contributed by atoms with van der Waals surface area (Å²) in [7, 11) is 0. The van der Waals surface area contributed by atoms with Crippen LogP contribution in [0.4, 0.5) is 5.69 Å². The fraction of sp³-hybridized carbons (Fsp3) is 0.235. The molecule has 2 aromatic carbocycles. The van der Waals surface area contributed by atoms with Crippen molar-refractivity contribution in [3.63, 3.8) is 0 Å². The second-order valence-corrected chi connectivity index (χ2v) is 5.28. The molecule has 1 amide bonds. The van der Waals surface area contributed by atoms with Crippen LogP contribution in [0.2, 0.25) is 5.02 Å². The van der Waals surface area contributed by atoms with Crippen LogP contribution in [0.25, 0.3) is 0 Å². The lowest BCUT2D eigenvalue weighted by Gasteiger charge is -2.12. The highest BCUT2D eigenvalue weighted by Gasteiger charge is 2.14. The van der Waals surface area contributed by atoms with Crippen molar-refractivity contribution in [3.8, 4) is 11.5 Å². The second-order valence-electron chi connectivity index (χ2n) is 4.85. The van der Waals surface area contributed by atoms with Crippen LogP contribution in [-0.4, -0.2) is 17.6 Å². The average Bonchev–Trinajstić information content (AvgIpc) is 2.49. The van der Waals surface area contributed by atoms with Crippen LogP contribution in [0.15, 0.2) is 42.5 Å². The van der Waals surface area contributed by atoms with Crippen molar-refractivity contribution in [1.29, 1.82) is 0 Å². The molecule has 0 atom stereocenters. The summed E-state index contributed by atoms with van der Waals surface area (Å²) in [5, 5.41) is 12.6. The Hall–Kier alpha value is -2.20. The zero-order valence-corrected chi connectivity index (χ0v) is 13.1. The van der Waals surface area contributed by atoms with Crippen molar-refractivity contribution >= 4 is 23.2 Å². The van der Waals surface area contributed by atoms with E-state index in [9.17, 15) is 9.90 Å². The van der Waals surface area contributed by atoms with Crippen molar-refractivity contribution < 1.29 is 14.6 Å². The number of unbranched alkanes of at least 4 members (excludes halogenated alkanes) is 1. The van der Waals surface area contributed by atoms with Gasteiger partial charge in [0.15, 0.2) is 0 Å². The van der Waals surface area contributed by atoms with Crippen molar-refractivity contribution in [1.82, 2.24) is 0 Å². The van der Waals surface area contributed by atoms with Crippen LogP contribution in [0.5, 0.6) is 11.5 Å². The number of rotatable bonds is 6. The molecule has 2 aromatic rings. The van der Waals surface area contributed by atoms with Crippen molar-refractivity contribution in [2.24, 2.45) is 0 Å². The number of anilines is 1. The molecule has 116 valence electrons. The molecule has 2 rings (SSSR count). The maximum absolute atomic E-state index is 12.4. The normalized spacial score (nSPS) is 10.3.